The van der Waals surface area contributed by atoms with E-state index in [4.69, 9.17) is 10.00 Å². The molecule has 2 N–H and O–H groups in total. The van der Waals surface area contributed by atoms with Crippen LogP contribution >= 0.6 is 0 Å². The summed E-state index contributed by atoms with van der Waals surface area (Å²) in [6, 6.07) is 3.64. The van der Waals surface area contributed by atoms with E-state index in [-0.39, 0.29) is 17.0 Å². The molecule has 0 saturated carbocycles. The molecule has 1 rings (SSSR count). The summed E-state index contributed by atoms with van der Waals surface area (Å²) in [5.74, 6) is -0.689. The van der Waals surface area contributed by atoms with Gasteiger partial charge in [0.2, 0.25) is 0 Å². The van der Waals surface area contributed by atoms with Crippen LogP contribution in [-0.4, -0.2) is 18.7 Å². The maximum atomic E-state index is 13.4. The van der Waals surface area contributed by atoms with Crippen LogP contribution in [0.3, 0.4) is 0 Å². The first-order valence-corrected chi connectivity index (χ1v) is 5.63. The molecule has 0 aromatic heterocycles. The highest BCUT2D eigenvalue weighted by Gasteiger charge is 2.16. The molecule has 0 aliphatic carbocycles. The SMILES string of the molecule is COc1cc(NC(=O)NC(C)(C)C)c(C#N)cc1F. The van der Waals surface area contributed by atoms with E-state index in [9.17, 15) is 9.18 Å². The van der Waals surface area contributed by atoms with Crippen LogP contribution < -0.4 is 15.4 Å². The van der Waals surface area contributed by atoms with E-state index in [1.54, 1.807) is 0 Å². The second kappa shape index (κ2) is 5.57. The van der Waals surface area contributed by atoms with Crippen LogP contribution in [0.2, 0.25) is 0 Å². The van der Waals surface area contributed by atoms with Crippen molar-refractivity contribution in [3.8, 4) is 11.8 Å². The van der Waals surface area contributed by atoms with Gasteiger partial charge in [0, 0.05) is 11.6 Å². The molecule has 0 aliphatic heterocycles. The Bertz CT molecular complexity index is 530. The number of halogens is 1. The molecule has 0 saturated heterocycles. The molecular formula is C13H16FN3O2. The number of urea groups is 1. The molecule has 0 bridgehead atoms. The zero-order valence-corrected chi connectivity index (χ0v) is 11.3. The first-order chi connectivity index (χ1) is 8.76. The average molecular weight is 265 g/mol. The van der Waals surface area contributed by atoms with Crippen LogP contribution in [0, 0.1) is 17.1 Å². The smallest absolute Gasteiger partial charge is 0.319 e. The number of nitrogens with one attached hydrogen (secondary N) is 2. The summed E-state index contributed by atoms with van der Waals surface area (Å²) >= 11 is 0. The molecule has 19 heavy (non-hydrogen) atoms. The van der Waals surface area contributed by atoms with Gasteiger partial charge >= 0.3 is 6.03 Å². The van der Waals surface area contributed by atoms with Gasteiger partial charge in [0.05, 0.1) is 18.4 Å². The highest BCUT2D eigenvalue weighted by atomic mass is 19.1. The summed E-state index contributed by atoms with van der Waals surface area (Å²) < 4.78 is 18.2. The fourth-order valence-electron chi connectivity index (χ4n) is 1.40. The minimum absolute atomic E-state index is 0.0300. The van der Waals surface area contributed by atoms with E-state index in [0.717, 1.165) is 6.07 Å². The van der Waals surface area contributed by atoms with Crippen molar-refractivity contribution in [1.29, 1.82) is 5.26 Å². The van der Waals surface area contributed by atoms with E-state index in [1.165, 1.54) is 13.2 Å². The Labute approximate surface area is 111 Å². The highest BCUT2D eigenvalue weighted by Crippen LogP contribution is 2.25. The summed E-state index contributed by atoms with van der Waals surface area (Å²) in [6.45, 7) is 5.47. The maximum absolute atomic E-state index is 13.4. The molecule has 0 atom stereocenters. The van der Waals surface area contributed by atoms with Crippen molar-refractivity contribution in [3.05, 3.63) is 23.5 Å². The number of hydrogen-bond donors (Lipinski definition) is 2. The minimum atomic E-state index is -0.652. The zero-order valence-electron chi connectivity index (χ0n) is 11.3. The Hall–Kier alpha value is -2.29. The van der Waals surface area contributed by atoms with E-state index in [0.29, 0.717) is 0 Å². The van der Waals surface area contributed by atoms with Crippen LogP contribution in [0.15, 0.2) is 12.1 Å². The van der Waals surface area contributed by atoms with Gasteiger partial charge in [0.25, 0.3) is 0 Å². The number of hydrogen-bond acceptors (Lipinski definition) is 3. The number of carbonyl (C=O) groups is 1. The van der Waals surface area contributed by atoms with Crippen LogP contribution in [0.4, 0.5) is 14.9 Å². The topological polar surface area (TPSA) is 74.2 Å². The van der Waals surface area contributed by atoms with Crippen LogP contribution in [0.1, 0.15) is 26.3 Å². The third-order valence-corrected chi connectivity index (χ3v) is 2.15. The molecule has 1 aromatic carbocycles. The van der Waals surface area contributed by atoms with E-state index in [1.807, 2.05) is 26.8 Å². The number of rotatable bonds is 2. The summed E-state index contributed by atoms with van der Waals surface area (Å²) in [5.41, 5.74) is -0.189. The van der Waals surface area contributed by atoms with Gasteiger partial charge in [-0.15, -0.1) is 0 Å². The first kappa shape index (κ1) is 14.8. The lowest BCUT2D eigenvalue weighted by Crippen LogP contribution is -2.43. The molecular weight excluding hydrogens is 249 g/mol. The first-order valence-electron chi connectivity index (χ1n) is 5.63. The van der Waals surface area contributed by atoms with E-state index < -0.39 is 17.4 Å². The van der Waals surface area contributed by atoms with Crippen molar-refractivity contribution in [3.63, 3.8) is 0 Å². The largest absolute Gasteiger partial charge is 0.494 e. The molecule has 2 amide bonds. The molecule has 0 unspecified atom stereocenters. The lowest BCUT2D eigenvalue weighted by Gasteiger charge is -2.21. The normalized spacial score (nSPS) is 10.5. The quantitative estimate of drug-likeness (QED) is 0.863. The number of nitrogens with zero attached hydrogens (tertiary/aromatic N) is 1. The van der Waals surface area contributed by atoms with Gasteiger partial charge in [-0.1, -0.05) is 0 Å². The predicted octanol–water partition coefficient (Wildman–Crippen LogP) is 2.63. The molecule has 0 fully saturated rings. The molecule has 5 nitrogen and oxygen atoms in total. The lowest BCUT2D eigenvalue weighted by atomic mass is 10.1. The predicted molar refractivity (Wildman–Crippen MR) is 69.6 cm³/mol. The van der Waals surface area contributed by atoms with Crippen molar-refractivity contribution in [2.24, 2.45) is 0 Å². The molecule has 6 heteroatoms. The van der Waals surface area contributed by atoms with Gasteiger partial charge in [0.1, 0.15) is 6.07 Å². The highest BCUT2D eigenvalue weighted by molar-refractivity contribution is 5.91. The standard InChI is InChI=1S/C13H16FN3O2/c1-13(2,3)17-12(18)16-10-6-11(19-4)9(14)5-8(10)7-15/h5-6H,1-4H3,(H2,16,17,18). The molecule has 0 aliphatic rings. The Morgan fingerprint density at radius 3 is 2.53 bits per heavy atom. The van der Waals surface area contributed by atoms with Gasteiger partial charge in [-0.3, -0.25) is 0 Å². The van der Waals surface area contributed by atoms with Crippen LogP contribution in [-0.2, 0) is 0 Å². The summed E-state index contributed by atoms with van der Waals surface area (Å²) in [6.07, 6.45) is 0. The van der Waals surface area contributed by atoms with Gasteiger partial charge < -0.3 is 15.4 Å². The van der Waals surface area contributed by atoms with E-state index in [2.05, 4.69) is 10.6 Å². The second-order valence-corrected chi connectivity index (χ2v) is 4.97. The molecule has 0 heterocycles. The Kier molecular flexibility index (Phi) is 4.33. The number of methoxy groups -OCH3 is 1. The number of amides is 2. The molecule has 0 spiro atoms. The second-order valence-electron chi connectivity index (χ2n) is 4.97. The minimum Gasteiger partial charge on any atom is -0.494 e. The number of nitriles is 1. The lowest BCUT2D eigenvalue weighted by molar-refractivity contribution is 0.244. The third-order valence-electron chi connectivity index (χ3n) is 2.15. The summed E-state index contributed by atoms with van der Waals surface area (Å²) in [4.78, 5) is 11.7. The van der Waals surface area contributed by atoms with Crippen molar-refractivity contribution in [2.75, 3.05) is 12.4 Å². The van der Waals surface area contributed by atoms with Crippen LogP contribution in [0.25, 0.3) is 0 Å². The summed E-state index contributed by atoms with van der Waals surface area (Å²) in [7, 11) is 1.31. The van der Waals surface area contributed by atoms with Crippen molar-refractivity contribution in [1.82, 2.24) is 5.32 Å². The molecule has 102 valence electrons. The Balaban J connectivity index is 3.01. The van der Waals surface area contributed by atoms with Gasteiger partial charge in [-0.05, 0) is 26.8 Å². The van der Waals surface area contributed by atoms with E-state index >= 15 is 0 Å². The zero-order chi connectivity index (χ0) is 14.6. The number of ether oxygens (including phenoxy) is 1. The fourth-order valence-corrected chi connectivity index (χ4v) is 1.40. The van der Waals surface area contributed by atoms with Gasteiger partial charge in [-0.2, -0.15) is 5.26 Å². The van der Waals surface area contributed by atoms with Crippen molar-refractivity contribution >= 4 is 11.7 Å². The van der Waals surface area contributed by atoms with Crippen molar-refractivity contribution < 1.29 is 13.9 Å². The van der Waals surface area contributed by atoms with Gasteiger partial charge in [0.15, 0.2) is 11.6 Å². The monoisotopic (exact) mass is 265 g/mol. The van der Waals surface area contributed by atoms with Gasteiger partial charge in [-0.25, -0.2) is 9.18 Å². The summed E-state index contributed by atoms with van der Waals surface area (Å²) in [5, 5.41) is 14.1. The number of anilines is 1. The maximum Gasteiger partial charge on any atom is 0.319 e. The molecule has 1 aromatic rings. The Morgan fingerprint density at radius 2 is 2.05 bits per heavy atom. The number of benzene rings is 1. The van der Waals surface area contributed by atoms with Crippen molar-refractivity contribution in [2.45, 2.75) is 26.3 Å². The average Bonchev–Trinajstić information content (AvgIpc) is 2.28. The fraction of sp³-hybridized carbons (Fsp3) is 0.385. The number of carbonyl (C=O) groups excluding carboxylic acids is 1. The third kappa shape index (κ3) is 4.14. The molecule has 0 radical (unpaired) electrons. The van der Waals surface area contributed by atoms with Crippen LogP contribution in [0.5, 0.6) is 5.75 Å². The Morgan fingerprint density at radius 1 is 1.42 bits per heavy atom.